The minimum Gasteiger partial charge on any atom is -0.360 e. The molecule has 7 heteroatoms. The number of thiophene rings is 1. The fraction of sp³-hybridized carbons (Fsp3) is 0.0870. The van der Waals surface area contributed by atoms with Crippen LogP contribution in [0.3, 0.4) is 0 Å². The number of nitrogens with one attached hydrogen (secondary N) is 1. The van der Waals surface area contributed by atoms with Crippen molar-refractivity contribution >= 4 is 45.6 Å². The first-order valence-electron chi connectivity index (χ1n) is 9.33. The van der Waals surface area contributed by atoms with E-state index in [1.807, 2.05) is 49.4 Å². The van der Waals surface area contributed by atoms with E-state index in [0.717, 1.165) is 31.8 Å². The second-order valence-electron chi connectivity index (χ2n) is 6.85. The van der Waals surface area contributed by atoms with Gasteiger partial charge in [0.1, 0.15) is 6.17 Å². The van der Waals surface area contributed by atoms with Crippen molar-refractivity contribution in [2.45, 2.75) is 13.1 Å². The number of fused-ring (bicyclic) bond motifs is 1. The van der Waals surface area contributed by atoms with Crippen molar-refractivity contribution in [2.24, 2.45) is 0 Å². The van der Waals surface area contributed by atoms with Crippen LogP contribution >= 0.6 is 22.7 Å². The van der Waals surface area contributed by atoms with Crippen molar-refractivity contribution in [2.75, 3.05) is 10.2 Å². The van der Waals surface area contributed by atoms with E-state index >= 15 is 0 Å². The van der Waals surface area contributed by atoms with Gasteiger partial charge in [-0.3, -0.25) is 9.69 Å². The van der Waals surface area contributed by atoms with Crippen molar-refractivity contribution in [1.82, 2.24) is 4.98 Å². The molecular weight excluding hydrogens is 412 g/mol. The first kappa shape index (κ1) is 18.6. The van der Waals surface area contributed by atoms with Crippen LogP contribution in [0.25, 0.3) is 15.4 Å². The summed E-state index contributed by atoms with van der Waals surface area (Å²) in [5.41, 5.74) is 3.47. The lowest BCUT2D eigenvalue weighted by Crippen LogP contribution is -2.42. The van der Waals surface area contributed by atoms with Gasteiger partial charge in [0.05, 0.1) is 27.7 Å². The van der Waals surface area contributed by atoms with Crippen LogP contribution in [0.15, 0.2) is 66.0 Å². The van der Waals surface area contributed by atoms with Crippen molar-refractivity contribution in [3.05, 3.63) is 92.9 Å². The second kappa shape index (κ2) is 7.41. The topological polar surface area (TPSA) is 49.6 Å². The molecule has 4 aromatic rings. The summed E-state index contributed by atoms with van der Waals surface area (Å²) in [6.45, 7) is 9.27. The molecule has 1 N–H and O–H groups in total. The molecule has 1 aliphatic rings. The number of thiazole rings is 1. The molecule has 0 fully saturated rings. The van der Waals surface area contributed by atoms with Gasteiger partial charge < -0.3 is 5.32 Å². The third kappa shape index (κ3) is 3.16. The highest BCUT2D eigenvalue weighted by Crippen LogP contribution is 2.41. The summed E-state index contributed by atoms with van der Waals surface area (Å²) < 4.78 is 0. The van der Waals surface area contributed by atoms with Crippen LogP contribution in [0.5, 0.6) is 0 Å². The Bertz CT molecular complexity index is 1290. The smallest absolute Gasteiger partial charge is 0.261 e. The summed E-state index contributed by atoms with van der Waals surface area (Å²) in [5, 5.41) is 6.59. The highest BCUT2D eigenvalue weighted by atomic mass is 32.1. The monoisotopic (exact) mass is 428 g/mol. The van der Waals surface area contributed by atoms with Crippen LogP contribution in [0.1, 0.15) is 26.4 Å². The van der Waals surface area contributed by atoms with Crippen molar-refractivity contribution in [1.29, 1.82) is 0 Å². The van der Waals surface area contributed by atoms with Crippen molar-refractivity contribution in [3.8, 4) is 10.6 Å². The van der Waals surface area contributed by atoms with Crippen LogP contribution < -0.4 is 10.2 Å². The van der Waals surface area contributed by atoms with Crippen LogP contribution in [0.2, 0.25) is 0 Å². The number of rotatable bonds is 3. The minimum atomic E-state index is -0.343. The maximum Gasteiger partial charge on any atom is 0.261 e. The molecular formula is C23H16N4OS2. The number of hydrogen-bond donors (Lipinski definition) is 1. The van der Waals surface area contributed by atoms with E-state index < -0.39 is 0 Å². The van der Waals surface area contributed by atoms with E-state index in [4.69, 9.17) is 6.57 Å². The first-order chi connectivity index (χ1) is 14.6. The van der Waals surface area contributed by atoms with Gasteiger partial charge in [0.2, 0.25) is 0 Å². The zero-order valence-electron chi connectivity index (χ0n) is 16.0. The molecule has 0 spiro atoms. The van der Waals surface area contributed by atoms with Gasteiger partial charge in [-0.15, -0.1) is 22.7 Å². The standard InChI is InChI=1S/C23H16N4OS2/c1-14-25-19(13-29-14)20-10-11-21(30-20)22-26-18-9-8-15(24-2)12-17(18)23(28)27(22)16-6-4-3-5-7-16/h3-13,22,26H,1H3. The molecule has 0 saturated carbocycles. The van der Waals surface area contributed by atoms with Gasteiger partial charge in [-0.1, -0.05) is 24.3 Å². The van der Waals surface area contributed by atoms with Gasteiger partial charge in [0.25, 0.3) is 5.91 Å². The number of para-hydroxylation sites is 1. The van der Waals surface area contributed by atoms with E-state index in [-0.39, 0.29) is 12.1 Å². The third-order valence-corrected chi connectivity index (χ3v) is 6.87. The van der Waals surface area contributed by atoms with E-state index in [9.17, 15) is 4.79 Å². The van der Waals surface area contributed by atoms with Crippen LogP contribution in [0, 0.1) is 13.5 Å². The Kier molecular flexibility index (Phi) is 4.58. The highest BCUT2D eigenvalue weighted by Gasteiger charge is 2.35. The Hall–Kier alpha value is -3.47. The Labute approximate surface area is 182 Å². The Morgan fingerprint density at radius 1 is 1.13 bits per heavy atom. The van der Waals surface area contributed by atoms with Gasteiger partial charge in [0.15, 0.2) is 5.69 Å². The van der Waals surface area contributed by atoms with Crippen LogP contribution in [0.4, 0.5) is 17.1 Å². The average Bonchev–Trinajstić information content (AvgIpc) is 3.43. The van der Waals surface area contributed by atoms with Crippen molar-refractivity contribution in [3.63, 3.8) is 0 Å². The lowest BCUT2D eigenvalue weighted by Gasteiger charge is -2.37. The number of anilines is 2. The Morgan fingerprint density at radius 2 is 1.97 bits per heavy atom. The molecule has 2 aromatic heterocycles. The molecule has 1 atom stereocenters. The van der Waals surface area contributed by atoms with Gasteiger partial charge in [-0.05, 0) is 43.3 Å². The summed E-state index contributed by atoms with van der Waals surface area (Å²) in [4.78, 5) is 25.4. The number of aryl methyl sites for hydroxylation is 1. The molecule has 0 bridgehead atoms. The molecule has 2 aromatic carbocycles. The lowest BCUT2D eigenvalue weighted by atomic mass is 10.0. The number of aromatic nitrogens is 1. The van der Waals surface area contributed by atoms with Gasteiger partial charge in [-0.25, -0.2) is 9.83 Å². The maximum atomic E-state index is 13.5. The normalized spacial score (nSPS) is 15.4. The lowest BCUT2D eigenvalue weighted by molar-refractivity contribution is 0.0975. The van der Waals surface area contributed by atoms with E-state index in [0.29, 0.717) is 11.3 Å². The maximum absolute atomic E-state index is 13.5. The summed E-state index contributed by atoms with van der Waals surface area (Å²) in [5.74, 6) is -0.120. The molecule has 1 amide bonds. The van der Waals surface area contributed by atoms with E-state index in [1.54, 1.807) is 39.7 Å². The van der Waals surface area contributed by atoms with Crippen LogP contribution in [-0.4, -0.2) is 10.9 Å². The minimum absolute atomic E-state index is 0.120. The van der Waals surface area contributed by atoms with Gasteiger partial charge in [0, 0.05) is 21.6 Å². The SMILES string of the molecule is [C-]#[N+]c1ccc2c(c1)C(=O)N(c1ccccc1)C(c1ccc(-c3csc(C)n3)s1)N2. The van der Waals surface area contributed by atoms with Crippen LogP contribution in [-0.2, 0) is 0 Å². The Morgan fingerprint density at radius 3 is 2.70 bits per heavy atom. The van der Waals surface area contributed by atoms with Gasteiger partial charge >= 0.3 is 0 Å². The largest absolute Gasteiger partial charge is 0.360 e. The second-order valence-corrected chi connectivity index (χ2v) is 9.03. The van der Waals surface area contributed by atoms with E-state index in [2.05, 4.69) is 26.6 Å². The third-order valence-electron chi connectivity index (χ3n) is 4.93. The zero-order valence-corrected chi connectivity index (χ0v) is 17.6. The summed E-state index contributed by atoms with van der Waals surface area (Å²) in [6.07, 6.45) is -0.343. The molecule has 5 nitrogen and oxygen atoms in total. The predicted molar refractivity (Wildman–Crippen MR) is 122 cm³/mol. The average molecular weight is 429 g/mol. The van der Waals surface area contributed by atoms with Crippen molar-refractivity contribution < 1.29 is 4.79 Å². The zero-order chi connectivity index (χ0) is 20.7. The number of hydrogen-bond acceptors (Lipinski definition) is 5. The molecule has 30 heavy (non-hydrogen) atoms. The summed E-state index contributed by atoms with van der Waals surface area (Å²) >= 11 is 3.26. The molecule has 0 saturated heterocycles. The first-order valence-corrected chi connectivity index (χ1v) is 11.0. The predicted octanol–water partition coefficient (Wildman–Crippen LogP) is 6.50. The molecule has 5 rings (SSSR count). The molecule has 146 valence electrons. The number of benzene rings is 2. The molecule has 0 aliphatic carbocycles. The summed E-state index contributed by atoms with van der Waals surface area (Å²) in [7, 11) is 0. The molecule has 1 aliphatic heterocycles. The van der Waals surface area contributed by atoms with Gasteiger partial charge in [-0.2, -0.15) is 0 Å². The Balaban J connectivity index is 1.61. The quantitative estimate of drug-likeness (QED) is 0.379. The molecule has 3 heterocycles. The molecule has 1 unspecified atom stereocenters. The fourth-order valence-electron chi connectivity index (χ4n) is 3.53. The van der Waals surface area contributed by atoms with E-state index in [1.165, 1.54) is 0 Å². The number of nitrogens with zero attached hydrogens (tertiary/aromatic N) is 3. The number of carbonyl (C=O) groups is 1. The number of amides is 1. The summed E-state index contributed by atoms with van der Waals surface area (Å²) in [6, 6.07) is 18.9. The highest BCUT2D eigenvalue weighted by molar-refractivity contribution is 7.16. The molecule has 0 radical (unpaired) electrons. The number of carbonyl (C=O) groups excluding carboxylic acids is 1. The fourth-order valence-corrected chi connectivity index (χ4v) is 5.23.